The average molecular weight is 559 g/mol. The van der Waals surface area contributed by atoms with Crippen molar-refractivity contribution >= 4 is 56.5 Å². The number of aryl methyl sites for hydroxylation is 1. The maximum Gasteiger partial charge on any atom is 0.293 e. The van der Waals surface area contributed by atoms with Gasteiger partial charge in [0.15, 0.2) is 11.5 Å². The third kappa shape index (κ3) is 5.49. The molecule has 4 rings (SSSR count). The molecule has 5 nitrogen and oxygen atoms in total. The molecule has 2 amide bonds. The normalized spacial score (nSPS) is 14.7. The van der Waals surface area contributed by atoms with Gasteiger partial charge < -0.3 is 9.47 Å². The lowest BCUT2D eigenvalue weighted by atomic mass is 10.1. The second-order valence-corrected chi connectivity index (χ2v) is 9.93. The molecular formula is C26H21BrClNO4S. The number of hydrogen-bond donors (Lipinski definition) is 0. The monoisotopic (exact) mass is 557 g/mol. The van der Waals surface area contributed by atoms with E-state index in [9.17, 15) is 9.59 Å². The van der Waals surface area contributed by atoms with E-state index in [2.05, 4.69) is 15.9 Å². The molecule has 0 radical (unpaired) electrons. The van der Waals surface area contributed by atoms with Gasteiger partial charge in [0.05, 0.1) is 23.0 Å². The van der Waals surface area contributed by atoms with Crippen LogP contribution in [0, 0.1) is 6.92 Å². The molecule has 3 aromatic carbocycles. The van der Waals surface area contributed by atoms with Crippen LogP contribution < -0.4 is 9.47 Å². The Hall–Kier alpha value is -2.74. The third-order valence-corrected chi connectivity index (χ3v) is 7.04. The highest BCUT2D eigenvalue weighted by atomic mass is 79.9. The molecule has 1 saturated heterocycles. The summed E-state index contributed by atoms with van der Waals surface area (Å²) in [6.07, 6.45) is 1.69. The Kier molecular flexibility index (Phi) is 7.66. The van der Waals surface area contributed by atoms with Crippen LogP contribution in [0.2, 0.25) is 5.02 Å². The number of carbonyl (C=O) groups excluding carboxylic acids is 2. The molecule has 1 aliphatic rings. The highest BCUT2D eigenvalue weighted by Crippen LogP contribution is 2.40. The first kappa shape index (κ1) is 24.4. The van der Waals surface area contributed by atoms with Crippen LogP contribution in [-0.2, 0) is 17.9 Å². The number of benzene rings is 3. The predicted octanol–water partition coefficient (Wildman–Crippen LogP) is 7.24. The van der Waals surface area contributed by atoms with Gasteiger partial charge in [0.25, 0.3) is 11.1 Å². The molecule has 0 spiro atoms. The van der Waals surface area contributed by atoms with Gasteiger partial charge >= 0.3 is 0 Å². The van der Waals surface area contributed by atoms with Gasteiger partial charge in [-0.1, -0.05) is 59.6 Å². The van der Waals surface area contributed by atoms with Crippen LogP contribution in [0.15, 0.2) is 70.0 Å². The minimum absolute atomic E-state index is 0.242. The highest BCUT2D eigenvalue weighted by molar-refractivity contribution is 9.10. The smallest absolute Gasteiger partial charge is 0.293 e. The van der Waals surface area contributed by atoms with E-state index in [0.29, 0.717) is 31.5 Å². The fourth-order valence-electron chi connectivity index (χ4n) is 3.51. The summed E-state index contributed by atoms with van der Waals surface area (Å²) in [5, 5.41) is 0.332. The predicted molar refractivity (Wildman–Crippen MR) is 139 cm³/mol. The fraction of sp³-hybridized carbons (Fsp3) is 0.154. The maximum absolute atomic E-state index is 12.9. The molecule has 0 bridgehead atoms. The standard InChI is InChI=1S/C26H21BrClNO4S/c1-16-6-5-7-17(10-16)14-29-25(30)23(34-26(29)31)13-18-11-20(27)24(22(12-18)32-2)33-15-19-8-3-4-9-21(19)28/h3-13H,14-15H2,1-2H3/b23-13-. The lowest BCUT2D eigenvalue weighted by Crippen LogP contribution is -2.27. The molecule has 0 N–H and O–H groups in total. The molecule has 0 saturated carbocycles. The van der Waals surface area contributed by atoms with Crippen LogP contribution in [-0.4, -0.2) is 23.2 Å². The Morgan fingerprint density at radius 1 is 1.09 bits per heavy atom. The Morgan fingerprint density at radius 2 is 1.88 bits per heavy atom. The molecule has 0 atom stereocenters. The van der Waals surface area contributed by atoms with Gasteiger partial charge in [-0.05, 0) is 70.0 Å². The summed E-state index contributed by atoms with van der Waals surface area (Å²) in [6.45, 7) is 2.49. The van der Waals surface area contributed by atoms with Crippen molar-refractivity contribution in [1.82, 2.24) is 4.90 Å². The molecule has 1 fully saturated rings. The Morgan fingerprint density at radius 3 is 2.62 bits per heavy atom. The summed E-state index contributed by atoms with van der Waals surface area (Å²) >= 11 is 10.7. The van der Waals surface area contributed by atoms with E-state index < -0.39 is 0 Å². The van der Waals surface area contributed by atoms with Crippen molar-refractivity contribution in [3.8, 4) is 11.5 Å². The van der Waals surface area contributed by atoms with Gasteiger partial charge in [0.2, 0.25) is 0 Å². The summed E-state index contributed by atoms with van der Waals surface area (Å²) in [7, 11) is 1.55. The zero-order valence-corrected chi connectivity index (χ0v) is 21.7. The zero-order chi connectivity index (χ0) is 24.2. The van der Waals surface area contributed by atoms with E-state index in [1.807, 2.05) is 61.5 Å². The molecule has 174 valence electrons. The van der Waals surface area contributed by atoms with Crippen LogP contribution in [0.5, 0.6) is 11.5 Å². The largest absolute Gasteiger partial charge is 0.493 e. The van der Waals surface area contributed by atoms with Gasteiger partial charge in [-0.15, -0.1) is 0 Å². The first-order chi connectivity index (χ1) is 16.4. The van der Waals surface area contributed by atoms with Crippen LogP contribution in [0.25, 0.3) is 6.08 Å². The number of hydrogen-bond acceptors (Lipinski definition) is 5. The van der Waals surface area contributed by atoms with E-state index in [1.165, 1.54) is 4.90 Å². The van der Waals surface area contributed by atoms with Crippen LogP contribution in [0.4, 0.5) is 4.79 Å². The number of halogens is 2. The van der Waals surface area contributed by atoms with Crippen LogP contribution in [0.1, 0.15) is 22.3 Å². The second kappa shape index (κ2) is 10.7. The van der Waals surface area contributed by atoms with Crippen LogP contribution in [0.3, 0.4) is 0 Å². The molecule has 0 aliphatic carbocycles. The number of carbonyl (C=O) groups is 2. The lowest BCUT2D eigenvalue weighted by Gasteiger charge is -2.14. The summed E-state index contributed by atoms with van der Waals surface area (Å²) in [6, 6.07) is 18.8. The maximum atomic E-state index is 12.9. The van der Waals surface area contributed by atoms with Crippen molar-refractivity contribution < 1.29 is 19.1 Å². The third-order valence-electron chi connectivity index (χ3n) is 5.18. The molecule has 34 heavy (non-hydrogen) atoms. The number of nitrogens with zero attached hydrogens (tertiary/aromatic N) is 1. The minimum Gasteiger partial charge on any atom is -0.493 e. The Bertz CT molecular complexity index is 1290. The fourth-order valence-corrected chi connectivity index (χ4v) is 5.11. The molecule has 1 heterocycles. The van der Waals surface area contributed by atoms with Gasteiger partial charge in [0, 0.05) is 10.6 Å². The van der Waals surface area contributed by atoms with Crippen molar-refractivity contribution in [2.24, 2.45) is 0 Å². The van der Waals surface area contributed by atoms with Gasteiger partial charge in [-0.2, -0.15) is 0 Å². The first-order valence-corrected chi connectivity index (χ1v) is 12.4. The summed E-state index contributed by atoms with van der Waals surface area (Å²) in [5.41, 5.74) is 3.54. The Balaban J connectivity index is 1.54. The highest BCUT2D eigenvalue weighted by Gasteiger charge is 2.35. The van der Waals surface area contributed by atoms with Crippen molar-refractivity contribution in [1.29, 1.82) is 0 Å². The average Bonchev–Trinajstić information content (AvgIpc) is 3.06. The van der Waals surface area contributed by atoms with E-state index in [0.717, 1.165) is 28.5 Å². The topological polar surface area (TPSA) is 55.8 Å². The van der Waals surface area contributed by atoms with Crippen molar-refractivity contribution in [2.75, 3.05) is 7.11 Å². The van der Waals surface area contributed by atoms with Crippen LogP contribution >= 0.6 is 39.3 Å². The second-order valence-electron chi connectivity index (χ2n) is 7.67. The number of methoxy groups -OCH3 is 1. The molecule has 3 aromatic rings. The summed E-state index contributed by atoms with van der Waals surface area (Å²) in [5.74, 6) is 0.699. The summed E-state index contributed by atoms with van der Waals surface area (Å²) < 4.78 is 12.1. The quantitative estimate of drug-likeness (QED) is 0.286. The first-order valence-electron chi connectivity index (χ1n) is 10.4. The zero-order valence-electron chi connectivity index (χ0n) is 18.5. The van der Waals surface area contributed by atoms with Crippen molar-refractivity contribution in [3.05, 3.63) is 97.3 Å². The van der Waals surface area contributed by atoms with E-state index in [-0.39, 0.29) is 24.3 Å². The van der Waals surface area contributed by atoms with E-state index in [1.54, 1.807) is 19.3 Å². The van der Waals surface area contributed by atoms with Gasteiger partial charge in [-0.25, -0.2) is 0 Å². The minimum atomic E-state index is -0.314. The van der Waals surface area contributed by atoms with Crippen molar-refractivity contribution in [2.45, 2.75) is 20.1 Å². The van der Waals surface area contributed by atoms with E-state index in [4.69, 9.17) is 21.1 Å². The van der Waals surface area contributed by atoms with Gasteiger partial charge in [-0.3, -0.25) is 14.5 Å². The van der Waals surface area contributed by atoms with Gasteiger partial charge in [0.1, 0.15) is 6.61 Å². The number of rotatable bonds is 7. The number of imide groups is 1. The number of amides is 2. The van der Waals surface area contributed by atoms with Crippen molar-refractivity contribution in [3.63, 3.8) is 0 Å². The Labute approximate surface area is 215 Å². The molecular weight excluding hydrogens is 538 g/mol. The SMILES string of the molecule is COc1cc(/C=C2\SC(=O)N(Cc3cccc(C)c3)C2=O)cc(Br)c1OCc1ccccc1Cl. The number of ether oxygens (including phenoxy) is 2. The summed E-state index contributed by atoms with van der Waals surface area (Å²) in [4.78, 5) is 27.1. The molecule has 8 heteroatoms. The molecule has 1 aliphatic heterocycles. The number of thioether (sulfide) groups is 1. The molecule has 0 unspecified atom stereocenters. The van der Waals surface area contributed by atoms with E-state index >= 15 is 0 Å². The lowest BCUT2D eigenvalue weighted by molar-refractivity contribution is -0.123. The molecule has 0 aromatic heterocycles.